The fraction of sp³-hybridized carbons (Fsp3) is 0.0435. The van der Waals surface area contributed by atoms with Crippen LogP contribution in [0.25, 0.3) is 0 Å². The van der Waals surface area contributed by atoms with Crippen LogP contribution in [0.3, 0.4) is 0 Å². The number of carbonyl (C=O) groups is 3. The Morgan fingerprint density at radius 3 is 2.48 bits per heavy atom. The van der Waals surface area contributed by atoms with Gasteiger partial charge in [-0.05, 0) is 42.5 Å². The van der Waals surface area contributed by atoms with Crippen molar-refractivity contribution in [3.63, 3.8) is 0 Å². The van der Waals surface area contributed by atoms with Crippen molar-refractivity contribution in [2.45, 2.75) is 0 Å². The highest BCUT2D eigenvalue weighted by atomic mass is 35.5. The Balaban J connectivity index is 1.54. The summed E-state index contributed by atoms with van der Waals surface area (Å²) in [5.41, 5.74) is 2.90. The van der Waals surface area contributed by atoms with Gasteiger partial charge in [0.15, 0.2) is 6.61 Å². The van der Waals surface area contributed by atoms with Gasteiger partial charge in [-0.2, -0.15) is 5.10 Å². The number of para-hydroxylation sites is 2. The second-order valence-electron chi connectivity index (χ2n) is 6.52. The van der Waals surface area contributed by atoms with E-state index in [0.717, 1.165) is 6.07 Å². The highest BCUT2D eigenvalue weighted by Gasteiger charge is 2.14. The lowest BCUT2D eigenvalue weighted by Gasteiger charge is -2.10. The van der Waals surface area contributed by atoms with E-state index in [1.54, 1.807) is 48.5 Å². The Morgan fingerprint density at radius 2 is 1.70 bits per heavy atom. The molecule has 168 valence electrons. The number of hydrogen-bond donors (Lipinski definition) is 3. The number of nitrogens with one attached hydrogen (secondary N) is 3. The molecule has 0 spiro atoms. The Labute approximate surface area is 193 Å². The standard InChI is InChI=1S/C23H18ClFN4O4/c24-16-7-5-8-17(12-16)27-21(30)14-33-20-11-4-1-6-15(20)13-26-29-23(32)22(31)28-19-10-3-2-9-18(19)25/h1-13H,14H2,(H,27,30)(H,28,31)(H,29,32)/b26-13-. The van der Waals surface area contributed by atoms with Gasteiger partial charge in [0.25, 0.3) is 5.91 Å². The third kappa shape index (κ3) is 7.15. The molecule has 33 heavy (non-hydrogen) atoms. The summed E-state index contributed by atoms with van der Waals surface area (Å²) in [6.07, 6.45) is 1.25. The van der Waals surface area contributed by atoms with Crippen molar-refractivity contribution >= 4 is 46.9 Å². The second-order valence-corrected chi connectivity index (χ2v) is 6.95. The number of ether oxygens (including phenoxy) is 1. The maximum atomic E-state index is 13.6. The van der Waals surface area contributed by atoms with Gasteiger partial charge in [0.05, 0.1) is 11.9 Å². The molecule has 0 aliphatic heterocycles. The van der Waals surface area contributed by atoms with Crippen LogP contribution in [0.5, 0.6) is 5.75 Å². The van der Waals surface area contributed by atoms with E-state index < -0.39 is 23.5 Å². The summed E-state index contributed by atoms with van der Waals surface area (Å²) >= 11 is 5.89. The molecule has 0 bridgehead atoms. The fourth-order valence-corrected chi connectivity index (χ4v) is 2.77. The summed E-state index contributed by atoms with van der Waals surface area (Å²) < 4.78 is 19.1. The van der Waals surface area contributed by atoms with Gasteiger partial charge in [-0.3, -0.25) is 14.4 Å². The molecule has 0 fully saturated rings. The zero-order chi connectivity index (χ0) is 23.6. The Bertz CT molecular complexity index is 1200. The van der Waals surface area contributed by atoms with Crippen LogP contribution in [0, 0.1) is 5.82 Å². The van der Waals surface area contributed by atoms with E-state index in [9.17, 15) is 18.8 Å². The molecule has 10 heteroatoms. The van der Waals surface area contributed by atoms with Crippen LogP contribution in [0.4, 0.5) is 15.8 Å². The normalized spacial score (nSPS) is 10.5. The predicted molar refractivity (Wildman–Crippen MR) is 123 cm³/mol. The minimum Gasteiger partial charge on any atom is -0.483 e. The van der Waals surface area contributed by atoms with Crippen LogP contribution in [0.1, 0.15) is 5.56 Å². The minimum absolute atomic E-state index is 0.128. The monoisotopic (exact) mass is 468 g/mol. The highest BCUT2D eigenvalue weighted by Crippen LogP contribution is 2.17. The molecule has 3 rings (SSSR count). The molecule has 0 atom stereocenters. The quantitative estimate of drug-likeness (QED) is 0.280. The van der Waals surface area contributed by atoms with Gasteiger partial charge in [0.2, 0.25) is 0 Å². The molecule has 0 aliphatic carbocycles. The van der Waals surface area contributed by atoms with E-state index >= 15 is 0 Å². The molecule has 0 unspecified atom stereocenters. The molecular formula is C23H18ClFN4O4. The van der Waals surface area contributed by atoms with Crippen molar-refractivity contribution in [1.82, 2.24) is 5.43 Å². The number of hydrazone groups is 1. The number of hydrogen-bond acceptors (Lipinski definition) is 5. The second kappa shape index (κ2) is 11.4. The molecule has 0 radical (unpaired) electrons. The molecule has 0 saturated carbocycles. The van der Waals surface area contributed by atoms with Crippen LogP contribution in [0.2, 0.25) is 5.02 Å². The third-order valence-electron chi connectivity index (χ3n) is 4.08. The summed E-state index contributed by atoms with van der Waals surface area (Å²) in [5.74, 6) is -2.92. The summed E-state index contributed by atoms with van der Waals surface area (Å²) in [4.78, 5) is 35.9. The Kier molecular flexibility index (Phi) is 8.09. The summed E-state index contributed by atoms with van der Waals surface area (Å²) in [6.45, 7) is -0.283. The molecule has 0 heterocycles. The van der Waals surface area contributed by atoms with Crippen molar-refractivity contribution in [3.05, 3.63) is 89.2 Å². The summed E-state index contributed by atoms with van der Waals surface area (Å²) in [7, 11) is 0. The molecule has 0 aliphatic rings. The van der Waals surface area contributed by atoms with Gasteiger partial charge >= 0.3 is 11.8 Å². The molecule has 3 aromatic rings. The first kappa shape index (κ1) is 23.4. The maximum Gasteiger partial charge on any atom is 0.329 e. The summed E-state index contributed by atoms with van der Waals surface area (Å²) in [6, 6.07) is 18.8. The van der Waals surface area contributed by atoms with Gasteiger partial charge in [-0.25, -0.2) is 9.82 Å². The zero-order valence-electron chi connectivity index (χ0n) is 17.0. The number of nitrogens with zero attached hydrogens (tertiary/aromatic N) is 1. The Hall–Kier alpha value is -4.24. The van der Waals surface area contributed by atoms with Crippen molar-refractivity contribution in [2.75, 3.05) is 17.2 Å². The highest BCUT2D eigenvalue weighted by molar-refractivity contribution is 6.39. The van der Waals surface area contributed by atoms with E-state index in [1.165, 1.54) is 24.4 Å². The molecular weight excluding hydrogens is 451 g/mol. The molecule has 8 nitrogen and oxygen atoms in total. The lowest BCUT2D eigenvalue weighted by molar-refractivity contribution is -0.136. The lowest BCUT2D eigenvalue weighted by atomic mass is 10.2. The maximum absolute atomic E-state index is 13.6. The van der Waals surface area contributed by atoms with Crippen molar-refractivity contribution in [2.24, 2.45) is 5.10 Å². The van der Waals surface area contributed by atoms with Crippen molar-refractivity contribution in [3.8, 4) is 5.75 Å². The molecule has 0 saturated heterocycles. The lowest BCUT2D eigenvalue weighted by Crippen LogP contribution is -2.32. The topological polar surface area (TPSA) is 109 Å². The van der Waals surface area contributed by atoms with Crippen LogP contribution < -0.4 is 20.8 Å². The minimum atomic E-state index is -1.09. The van der Waals surface area contributed by atoms with Crippen LogP contribution in [-0.4, -0.2) is 30.5 Å². The zero-order valence-corrected chi connectivity index (χ0v) is 17.8. The number of halogens is 2. The predicted octanol–water partition coefficient (Wildman–Crippen LogP) is 3.59. The van der Waals surface area contributed by atoms with E-state index in [2.05, 4.69) is 15.7 Å². The molecule has 3 aromatic carbocycles. The average molecular weight is 469 g/mol. The summed E-state index contributed by atoms with van der Waals surface area (Å²) in [5, 5.41) is 9.01. The van der Waals surface area contributed by atoms with Gasteiger partial charge in [-0.15, -0.1) is 0 Å². The fourth-order valence-electron chi connectivity index (χ4n) is 2.58. The largest absolute Gasteiger partial charge is 0.483 e. The number of amides is 3. The molecule has 3 N–H and O–H groups in total. The third-order valence-corrected chi connectivity index (χ3v) is 4.32. The SMILES string of the molecule is O=C(COc1ccccc1/C=N\NC(=O)C(=O)Nc1ccccc1F)Nc1cccc(Cl)c1. The van der Waals surface area contributed by atoms with Crippen molar-refractivity contribution < 1.29 is 23.5 Å². The van der Waals surface area contributed by atoms with Gasteiger partial charge < -0.3 is 15.4 Å². The number of anilines is 2. The number of rotatable bonds is 7. The van der Waals surface area contributed by atoms with Crippen LogP contribution >= 0.6 is 11.6 Å². The van der Waals surface area contributed by atoms with Gasteiger partial charge in [-0.1, -0.05) is 41.9 Å². The van der Waals surface area contributed by atoms with E-state index in [0.29, 0.717) is 22.0 Å². The molecule has 3 amide bonds. The van der Waals surface area contributed by atoms with Crippen molar-refractivity contribution in [1.29, 1.82) is 0 Å². The first-order chi connectivity index (χ1) is 15.9. The van der Waals surface area contributed by atoms with E-state index in [4.69, 9.17) is 16.3 Å². The number of carbonyl (C=O) groups excluding carboxylic acids is 3. The average Bonchev–Trinajstić information content (AvgIpc) is 2.80. The number of benzene rings is 3. The Morgan fingerprint density at radius 1 is 0.939 bits per heavy atom. The molecule has 0 aromatic heterocycles. The smallest absolute Gasteiger partial charge is 0.329 e. The van der Waals surface area contributed by atoms with E-state index in [-0.39, 0.29) is 12.3 Å². The van der Waals surface area contributed by atoms with Gasteiger partial charge in [0, 0.05) is 16.3 Å². The van der Waals surface area contributed by atoms with E-state index in [1.807, 2.05) is 5.43 Å². The van der Waals surface area contributed by atoms with Crippen LogP contribution in [-0.2, 0) is 14.4 Å². The first-order valence-electron chi connectivity index (χ1n) is 9.58. The van der Waals surface area contributed by atoms with Gasteiger partial charge in [0.1, 0.15) is 11.6 Å². The van der Waals surface area contributed by atoms with Crippen LogP contribution in [0.15, 0.2) is 77.9 Å². The first-order valence-corrected chi connectivity index (χ1v) is 9.96.